The third-order valence-corrected chi connectivity index (χ3v) is 2.11. The van der Waals surface area contributed by atoms with Crippen molar-refractivity contribution in [3.8, 4) is 0 Å². The molecule has 0 aliphatic rings. The molecule has 0 saturated heterocycles. The van der Waals surface area contributed by atoms with Gasteiger partial charge >= 0.3 is 12.1 Å². The molecule has 0 fully saturated rings. The van der Waals surface area contributed by atoms with Crippen LogP contribution in [0.15, 0.2) is 0 Å². The van der Waals surface area contributed by atoms with Gasteiger partial charge in [-0.15, -0.1) is 0 Å². The summed E-state index contributed by atoms with van der Waals surface area (Å²) in [6, 6.07) is 0. The van der Waals surface area contributed by atoms with E-state index in [2.05, 4.69) is 11.7 Å². The predicted molar refractivity (Wildman–Crippen MR) is 62.7 cm³/mol. The van der Waals surface area contributed by atoms with Crippen molar-refractivity contribution in [1.29, 1.82) is 0 Å². The lowest BCUT2D eigenvalue weighted by Crippen LogP contribution is -2.27. The second kappa shape index (κ2) is 9.93. The molecule has 0 amide bonds. The number of rotatable bonds is 8. The van der Waals surface area contributed by atoms with Gasteiger partial charge in [0, 0.05) is 0 Å². The van der Waals surface area contributed by atoms with Crippen molar-refractivity contribution in [1.82, 2.24) is 0 Å². The Kier molecular flexibility index (Phi) is 9.19. The number of esters is 1. The highest BCUT2D eigenvalue weighted by Gasteiger charge is 2.19. The van der Waals surface area contributed by atoms with Crippen LogP contribution in [-0.2, 0) is 19.0 Å². The summed E-state index contributed by atoms with van der Waals surface area (Å²) in [6.45, 7) is 5.83. The van der Waals surface area contributed by atoms with Crippen LogP contribution in [0.2, 0.25) is 0 Å². The summed E-state index contributed by atoms with van der Waals surface area (Å²) in [7, 11) is 0. The lowest BCUT2D eigenvalue weighted by molar-refractivity contribution is -0.154. The van der Waals surface area contributed by atoms with Gasteiger partial charge in [-0.05, 0) is 20.3 Å². The molecule has 0 spiro atoms. The Morgan fingerprint density at radius 2 is 1.76 bits per heavy atom. The number of carbonyl (C=O) groups is 2. The van der Waals surface area contributed by atoms with Crippen LogP contribution in [-0.4, -0.2) is 31.4 Å². The summed E-state index contributed by atoms with van der Waals surface area (Å²) in [6.07, 6.45) is 2.38. The molecule has 1 atom stereocenters. The second-order valence-corrected chi connectivity index (χ2v) is 3.67. The maximum Gasteiger partial charge on any atom is 0.509 e. The van der Waals surface area contributed by atoms with E-state index in [0.717, 1.165) is 25.7 Å². The van der Waals surface area contributed by atoms with Crippen LogP contribution >= 0.6 is 0 Å². The quantitative estimate of drug-likeness (QED) is 0.486. The van der Waals surface area contributed by atoms with Crippen LogP contribution in [0, 0.1) is 0 Å². The van der Waals surface area contributed by atoms with Gasteiger partial charge in [-0.1, -0.05) is 26.2 Å². The standard InChI is InChI=1S/C12H22O5/c1-4-6-7-8-9-16-11(13)10(3)17-12(14)15-5-2/h10H,4-9H2,1-3H3. The molecule has 5 heteroatoms. The molecule has 0 aromatic rings. The van der Waals surface area contributed by atoms with Gasteiger partial charge in [-0.2, -0.15) is 0 Å². The van der Waals surface area contributed by atoms with Crippen LogP contribution in [0.3, 0.4) is 0 Å². The molecule has 0 heterocycles. The topological polar surface area (TPSA) is 61.8 Å². The summed E-state index contributed by atoms with van der Waals surface area (Å²) in [5, 5.41) is 0. The lowest BCUT2D eigenvalue weighted by Gasteiger charge is -2.12. The number of hydrogen-bond acceptors (Lipinski definition) is 5. The summed E-state index contributed by atoms with van der Waals surface area (Å²) in [5.74, 6) is -0.533. The minimum atomic E-state index is -0.916. The van der Waals surface area contributed by atoms with E-state index in [-0.39, 0.29) is 6.61 Å². The summed E-state index contributed by atoms with van der Waals surface area (Å²) < 4.78 is 14.2. The fourth-order valence-corrected chi connectivity index (χ4v) is 1.16. The monoisotopic (exact) mass is 246 g/mol. The van der Waals surface area contributed by atoms with Crippen molar-refractivity contribution in [2.24, 2.45) is 0 Å². The molecule has 5 nitrogen and oxygen atoms in total. The average molecular weight is 246 g/mol. The zero-order chi connectivity index (χ0) is 13.1. The van der Waals surface area contributed by atoms with Crippen LogP contribution in [0.5, 0.6) is 0 Å². The van der Waals surface area contributed by atoms with E-state index in [1.165, 1.54) is 6.92 Å². The van der Waals surface area contributed by atoms with Gasteiger partial charge < -0.3 is 14.2 Å². The normalized spacial score (nSPS) is 11.7. The fourth-order valence-electron chi connectivity index (χ4n) is 1.16. The van der Waals surface area contributed by atoms with Gasteiger partial charge in [0.25, 0.3) is 0 Å². The van der Waals surface area contributed by atoms with Crippen LogP contribution in [0.4, 0.5) is 4.79 Å². The lowest BCUT2D eigenvalue weighted by atomic mass is 10.2. The maximum absolute atomic E-state index is 11.4. The Balaban J connectivity index is 3.63. The highest BCUT2D eigenvalue weighted by atomic mass is 16.7. The second-order valence-electron chi connectivity index (χ2n) is 3.67. The Morgan fingerprint density at radius 1 is 1.06 bits per heavy atom. The third kappa shape index (κ3) is 8.54. The number of ether oxygens (including phenoxy) is 3. The molecule has 0 aliphatic heterocycles. The molecule has 1 unspecified atom stereocenters. The third-order valence-electron chi connectivity index (χ3n) is 2.11. The Bertz CT molecular complexity index is 227. The van der Waals surface area contributed by atoms with E-state index < -0.39 is 18.2 Å². The molecule has 17 heavy (non-hydrogen) atoms. The summed E-state index contributed by atoms with van der Waals surface area (Å²) >= 11 is 0. The first kappa shape index (κ1) is 15.7. The fraction of sp³-hybridized carbons (Fsp3) is 0.833. The average Bonchev–Trinajstić information content (AvgIpc) is 2.28. The van der Waals surface area contributed by atoms with E-state index >= 15 is 0 Å². The van der Waals surface area contributed by atoms with E-state index in [1.807, 2.05) is 0 Å². The molecular formula is C12H22O5. The number of carbonyl (C=O) groups excluding carboxylic acids is 2. The number of unbranched alkanes of at least 4 members (excludes halogenated alkanes) is 3. The Morgan fingerprint density at radius 3 is 2.35 bits per heavy atom. The molecule has 0 radical (unpaired) electrons. The predicted octanol–water partition coefficient (Wildman–Crippen LogP) is 2.67. The first-order chi connectivity index (χ1) is 8.11. The van der Waals surface area contributed by atoms with Crippen LogP contribution in [0.1, 0.15) is 46.5 Å². The molecule has 0 rings (SSSR count). The first-order valence-electron chi connectivity index (χ1n) is 6.11. The summed E-state index contributed by atoms with van der Waals surface area (Å²) in [4.78, 5) is 22.3. The van der Waals surface area contributed by atoms with Gasteiger partial charge in [0.1, 0.15) is 0 Å². The van der Waals surface area contributed by atoms with Gasteiger partial charge in [0.05, 0.1) is 13.2 Å². The maximum atomic E-state index is 11.4. The van der Waals surface area contributed by atoms with Crippen molar-refractivity contribution in [2.75, 3.05) is 13.2 Å². The Hall–Kier alpha value is -1.26. The van der Waals surface area contributed by atoms with Crippen molar-refractivity contribution >= 4 is 12.1 Å². The molecule has 0 aromatic carbocycles. The minimum absolute atomic E-state index is 0.220. The molecule has 0 aromatic heterocycles. The zero-order valence-corrected chi connectivity index (χ0v) is 10.9. The highest BCUT2D eigenvalue weighted by molar-refractivity contribution is 5.76. The molecule has 0 bridgehead atoms. The van der Waals surface area contributed by atoms with Crippen molar-refractivity contribution in [2.45, 2.75) is 52.6 Å². The van der Waals surface area contributed by atoms with Gasteiger partial charge in [-0.3, -0.25) is 0 Å². The zero-order valence-electron chi connectivity index (χ0n) is 10.9. The van der Waals surface area contributed by atoms with Crippen molar-refractivity contribution in [3.05, 3.63) is 0 Å². The molecular weight excluding hydrogens is 224 g/mol. The molecule has 0 saturated carbocycles. The van der Waals surface area contributed by atoms with E-state index in [1.54, 1.807) is 6.92 Å². The highest BCUT2D eigenvalue weighted by Crippen LogP contribution is 2.02. The smallest absolute Gasteiger partial charge is 0.463 e. The van der Waals surface area contributed by atoms with Crippen LogP contribution < -0.4 is 0 Å². The van der Waals surface area contributed by atoms with Gasteiger partial charge in [0.15, 0.2) is 6.10 Å². The van der Waals surface area contributed by atoms with Gasteiger partial charge in [-0.25, -0.2) is 9.59 Å². The molecule has 0 N–H and O–H groups in total. The van der Waals surface area contributed by atoms with Crippen molar-refractivity contribution < 1.29 is 23.8 Å². The molecule has 0 aliphatic carbocycles. The van der Waals surface area contributed by atoms with E-state index in [4.69, 9.17) is 9.47 Å². The minimum Gasteiger partial charge on any atom is -0.463 e. The number of hydrogen-bond donors (Lipinski definition) is 0. The van der Waals surface area contributed by atoms with Gasteiger partial charge in [0.2, 0.25) is 0 Å². The van der Waals surface area contributed by atoms with E-state index in [0.29, 0.717) is 6.61 Å². The van der Waals surface area contributed by atoms with E-state index in [9.17, 15) is 9.59 Å². The first-order valence-corrected chi connectivity index (χ1v) is 6.11. The van der Waals surface area contributed by atoms with Crippen molar-refractivity contribution in [3.63, 3.8) is 0 Å². The SMILES string of the molecule is CCCCCCOC(=O)C(C)OC(=O)OCC. The molecule has 100 valence electrons. The summed E-state index contributed by atoms with van der Waals surface area (Å²) in [5.41, 5.74) is 0. The Labute approximate surface area is 102 Å². The van der Waals surface area contributed by atoms with Crippen LogP contribution in [0.25, 0.3) is 0 Å². The largest absolute Gasteiger partial charge is 0.509 e.